The summed E-state index contributed by atoms with van der Waals surface area (Å²) in [6, 6.07) is 0. The van der Waals surface area contributed by atoms with Gasteiger partial charge in [0.15, 0.2) is 0 Å². The first-order valence-corrected chi connectivity index (χ1v) is 5.06. The van der Waals surface area contributed by atoms with Crippen LogP contribution in [-0.4, -0.2) is 23.9 Å². The molecular formula is C11H18O2. The van der Waals surface area contributed by atoms with E-state index in [-0.39, 0.29) is 6.10 Å². The molecule has 2 unspecified atom stereocenters. The van der Waals surface area contributed by atoms with Crippen LogP contribution in [0.4, 0.5) is 0 Å². The van der Waals surface area contributed by atoms with Gasteiger partial charge in [-0.05, 0) is 32.1 Å². The van der Waals surface area contributed by atoms with Crippen LogP contribution in [0.15, 0.2) is 0 Å². The van der Waals surface area contributed by atoms with Crippen LogP contribution in [0, 0.1) is 12.3 Å². The van der Waals surface area contributed by atoms with E-state index in [4.69, 9.17) is 11.2 Å². The fourth-order valence-electron chi connectivity index (χ4n) is 1.64. The van der Waals surface area contributed by atoms with Crippen molar-refractivity contribution in [1.29, 1.82) is 0 Å². The summed E-state index contributed by atoms with van der Waals surface area (Å²) in [5.41, 5.74) is 0. The predicted molar refractivity (Wildman–Crippen MR) is 52.3 cm³/mol. The van der Waals surface area contributed by atoms with Crippen LogP contribution in [0.2, 0.25) is 0 Å². The quantitative estimate of drug-likeness (QED) is 0.656. The van der Waals surface area contributed by atoms with Gasteiger partial charge in [0.05, 0.1) is 12.2 Å². The molecular weight excluding hydrogens is 164 g/mol. The van der Waals surface area contributed by atoms with Gasteiger partial charge in [-0.25, -0.2) is 0 Å². The van der Waals surface area contributed by atoms with Crippen LogP contribution in [0.3, 0.4) is 0 Å². The summed E-state index contributed by atoms with van der Waals surface area (Å²) in [6.45, 7) is 0.894. The smallest absolute Gasteiger partial charge is 0.0577 e. The van der Waals surface area contributed by atoms with Gasteiger partial charge in [-0.2, -0.15) is 0 Å². The van der Waals surface area contributed by atoms with Crippen LogP contribution in [-0.2, 0) is 4.74 Å². The highest BCUT2D eigenvalue weighted by Gasteiger charge is 2.16. The largest absolute Gasteiger partial charge is 0.393 e. The molecule has 1 rings (SSSR count). The van der Waals surface area contributed by atoms with Gasteiger partial charge in [-0.1, -0.05) is 0 Å². The lowest BCUT2D eigenvalue weighted by molar-refractivity contribution is 0.0794. The first-order chi connectivity index (χ1) is 6.33. The van der Waals surface area contributed by atoms with Gasteiger partial charge in [0.2, 0.25) is 0 Å². The molecule has 0 aromatic heterocycles. The topological polar surface area (TPSA) is 29.5 Å². The molecule has 13 heavy (non-hydrogen) atoms. The number of terminal acetylenes is 1. The van der Waals surface area contributed by atoms with E-state index in [1.807, 2.05) is 0 Å². The SMILES string of the molecule is C#CCCC(O)CCC1CCCO1. The third kappa shape index (κ3) is 4.31. The second kappa shape index (κ2) is 6.01. The standard InChI is InChI=1S/C11H18O2/c1-2-3-5-10(12)7-8-11-6-4-9-13-11/h1,10-12H,3-9H2. The summed E-state index contributed by atoms with van der Waals surface area (Å²) in [5.74, 6) is 2.54. The van der Waals surface area contributed by atoms with E-state index in [9.17, 15) is 5.11 Å². The highest BCUT2D eigenvalue weighted by molar-refractivity contribution is 4.84. The Morgan fingerprint density at radius 3 is 3.00 bits per heavy atom. The molecule has 2 heteroatoms. The zero-order valence-electron chi connectivity index (χ0n) is 8.04. The van der Waals surface area contributed by atoms with Gasteiger partial charge in [0, 0.05) is 13.0 Å². The average molecular weight is 182 g/mol. The molecule has 0 aromatic carbocycles. The molecule has 1 aliphatic heterocycles. The Balaban J connectivity index is 2.00. The number of aliphatic hydroxyl groups excluding tert-OH is 1. The summed E-state index contributed by atoms with van der Waals surface area (Å²) in [6.07, 6.45) is 10.8. The molecule has 1 N–H and O–H groups in total. The Morgan fingerprint density at radius 2 is 2.38 bits per heavy atom. The van der Waals surface area contributed by atoms with E-state index in [0.29, 0.717) is 12.5 Å². The molecule has 0 radical (unpaired) electrons. The molecule has 0 aromatic rings. The van der Waals surface area contributed by atoms with Crippen molar-refractivity contribution in [3.05, 3.63) is 0 Å². The minimum absolute atomic E-state index is 0.236. The highest BCUT2D eigenvalue weighted by Crippen LogP contribution is 2.18. The lowest BCUT2D eigenvalue weighted by atomic mass is 10.0. The van der Waals surface area contributed by atoms with Crippen molar-refractivity contribution in [3.8, 4) is 12.3 Å². The molecule has 0 saturated carbocycles. The van der Waals surface area contributed by atoms with Crippen molar-refractivity contribution in [3.63, 3.8) is 0 Å². The van der Waals surface area contributed by atoms with E-state index >= 15 is 0 Å². The Kier molecular flexibility index (Phi) is 4.88. The van der Waals surface area contributed by atoms with Gasteiger partial charge in [-0.15, -0.1) is 12.3 Å². The maximum absolute atomic E-state index is 9.49. The fraction of sp³-hybridized carbons (Fsp3) is 0.818. The highest BCUT2D eigenvalue weighted by atomic mass is 16.5. The molecule has 1 heterocycles. The molecule has 0 amide bonds. The van der Waals surface area contributed by atoms with Gasteiger partial charge in [0.1, 0.15) is 0 Å². The second-order valence-electron chi connectivity index (χ2n) is 3.61. The van der Waals surface area contributed by atoms with Gasteiger partial charge in [0.25, 0.3) is 0 Å². The van der Waals surface area contributed by atoms with Gasteiger partial charge in [-0.3, -0.25) is 0 Å². The summed E-state index contributed by atoms with van der Waals surface area (Å²) in [7, 11) is 0. The lowest BCUT2D eigenvalue weighted by Crippen LogP contribution is -2.12. The van der Waals surface area contributed by atoms with Crippen LogP contribution in [0.5, 0.6) is 0 Å². The third-order valence-electron chi connectivity index (χ3n) is 2.47. The normalized spacial score (nSPS) is 24.2. The van der Waals surface area contributed by atoms with Crippen molar-refractivity contribution in [1.82, 2.24) is 0 Å². The van der Waals surface area contributed by atoms with Gasteiger partial charge < -0.3 is 9.84 Å². The Bertz CT molecular complexity index is 165. The summed E-state index contributed by atoms with van der Waals surface area (Å²) >= 11 is 0. The van der Waals surface area contributed by atoms with Crippen molar-refractivity contribution < 1.29 is 9.84 Å². The van der Waals surface area contributed by atoms with Crippen molar-refractivity contribution in [2.45, 2.75) is 50.7 Å². The van der Waals surface area contributed by atoms with Gasteiger partial charge >= 0.3 is 0 Å². The second-order valence-corrected chi connectivity index (χ2v) is 3.61. The van der Waals surface area contributed by atoms with E-state index in [1.54, 1.807) is 0 Å². The molecule has 2 nitrogen and oxygen atoms in total. The van der Waals surface area contributed by atoms with Crippen molar-refractivity contribution in [2.24, 2.45) is 0 Å². The Morgan fingerprint density at radius 1 is 1.54 bits per heavy atom. The monoisotopic (exact) mass is 182 g/mol. The molecule has 1 fully saturated rings. The number of aliphatic hydroxyl groups is 1. The van der Waals surface area contributed by atoms with E-state index in [0.717, 1.165) is 32.3 Å². The zero-order valence-corrected chi connectivity index (χ0v) is 8.04. The molecule has 74 valence electrons. The lowest BCUT2D eigenvalue weighted by Gasteiger charge is -2.12. The Hall–Kier alpha value is -0.520. The summed E-state index contributed by atoms with van der Waals surface area (Å²) < 4.78 is 5.46. The number of ether oxygens (including phenoxy) is 1. The number of rotatable bonds is 5. The number of hydrogen-bond donors (Lipinski definition) is 1. The zero-order chi connectivity index (χ0) is 9.52. The maximum atomic E-state index is 9.49. The van der Waals surface area contributed by atoms with E-state index in [1.165, 1.54) is 6.42 Å². The summed E-state index contributed by atoms with van der Waals surface area (Å²) in [5, 5.41) is 9.49. The molecule has 0 bridgehead atoms. The van der Waals surface area contributed by atoms with Crippen LogP contribution in [0.1, 0.15) is 38.5 Å². The molecule has 2 atom stereocenters. The molecule has 0 aliphatic carbocycles. The number of hydrogen-bond acceptors (Lipinski definition) is 2. The van der Waals surface area contributed by atoms with E-state index in [2.05, 4.69) is 5.92 Å². The maximum Gasteiger partial charge on any atom is 0.0577 e. The molecule has 1 saturated heterocycles. The van der Waals surface area contributed by atoms with Crippen molar-refractivity contribution in [2.75, 3.05) is 6.61 Å². The fourth-order valence-corrected chi connectivity index (χ4v) is 1.64. The van der Waals surface area contributed by atoms with E-state index < -0.39 is 0 Å². The van der Waals surface area contributed by atoms with Crippen LogP contribution < -0.4 is 0 Å². The molecule has 0 spiro atoms. The predicted octanol–water partition coefficient (Wildman–Crippen LogP) is 1.72. The minimum Gasteiger partial charge on any atom is -0.393 e. The average Bonchev–Trinajstić information content (AvgIpc) is 2.64. The first kappa shape index (κ1) is 10.6. The first-order valence-electron chi connectivity index (χ1n) is 5.06. The summed E-state index contributed by atoms with van der Waals surface area (Å²) in [4.78, 5) is 0. The minimum atomic E-state index is -0.236. The van der Waals surface area contributed by atoms with Crippen LogP contribution in [0.25, 0.3) is 0 Å². The van der Waals surface area contributed by atoms with Crippen molar-refractivity contribution >= 4 is 0 Å². The molecule has 1 aliphatic rings. The third-order valence-corrected chi connectivity index (χ3v) is 2.47. The van der Waals surface area contributed by atoms with Crippen LogP contribution >= 0.6 is 0 Å². The Labute approximate surface area is 80.3 Å².